The van der Waals surface area contributed by atoms with Crippen molar-refractivity contribution in [1.82, 2.24) is 14.5 Å². The molecule has 132 valence electrons. The second-order valence-electron chi connectivity index (χ2n) is 7.00. The third kappa shape index (κ3) is 2.95. The van der Waals surface area contributed by atoms with Crippen molar-refractivity contribution >= 4 is 28.2 Å². The highest BCUT2D eigenvalue weighted by molar-refractivity contribution is 5.82. The van der Waals surface area contributed by atoms with Gasteiger partial charge in [-0.1, -0.05) is 20.8 Å². The number of rotatable bonds is 3. The molecule has 3 rings (SSSR count). The molecule has 1 aromatic carbocycles. The molecule has 1 N–H and O–H groups in total. The van der Waals surface area contributed by atoms with Gasteiger partial charge >= 0.3 is 5.69 Å². The summed E-state index contributed by atoms with van der Waals surface area (Å²) in [7, 11) is 1.96. The smallest absolute Gasteiger partial charge is 0.329 e. The van der Waals surface area contributed by atoms with E-state index in [0.29, 0.717) is 5.69 Å². The lowest BCUT2D eigenvalue weighted by molar-refractivity contribution is -0.384. The van der Waals surface area contributed by atoms with Gasteiger partial charge in [0.1, 0.15) is 17.5 Å². The largest absolute Gasteiger partial charge is 0.334 e. The number of anilines is 2. The highest BCUT2D eigenvalue weighted by atomic mass is 16.6. The van der Waals surface area contributed by atoms with Gasteiger partial charge in [-0.3, -0.25) is 10.1 Å². The van der Waals surface area contributed by atoms with E-state index in [-0.39, 0.29) is 22.5 Å². The van der Waals surface area contributed by atoms with E-state index in [0.717, 1.165) is 16.9 Å². The molecular weight excluding hydrogens is 332 g/mol. The van der Waals surface area contributed by atoms with E-state index in [1.807, 2.05) is 29.8 Å². The maximum atomic E-state index is 11.3. The lowest BCUT2D eigenvalue weighted by Crippen LogP contribution is -2.17. The monoisotopic (exact) mass is 350 g/mol. The van der Waals surface area contributed by atoms with Crippen LogP contribution in [-0.4, -0.2) is 19.5 Å². The van der Waals surface area contributed by atoms with Gasteiger partial charge in [-0.25, -0.2) is 9.97 Å². The zero-order valence-electron chi connectivity index (χ0n) is 14.9. The first-order chi connectivity index (χ1) is 12.2. The van der Waals surface area contributed by atoms with E-state index < -0.39 is 4.92 Å². The minimum Gasteiger partial charge on any atom is -0.334 e. The summed E-state index contributed by atoms with van der Waals surface area (Å²) in [6, 6.07) is 8.67. The maximum Gasteiger partial charge on any atom is 0.329 e. The Balaban J connectivity index is 2.06. The average Bonchev–Trinajstić information content (AvgIpc) is 2.91. The third-order valence-corrected chi connectivity index (χ3v) is 4.04. The third-order valence-electron chi connectivity index (χ3n) is 4.04. The Morgan fingerprint density at radius 2 is 2.04 bits per heavy atom. The molecule has 0 radical (unpaired) electrons. The Labute approximate surface area is 150 Å². The Hall–Kier alpha value is -3.47. The Morgan fingerprint density at radius 3 is 2.65 bits per heavy atom. The summed E-state index contributed by atoms with van der Waals surface area (Å²) >= 11 is 0. The zero-order chi connectivity index (χ0) is 19.1. The molecule has 0 atom stereocenters. The number of aromatic nitrogens is 3. The van der Waals surface area contributed by atoms with Crippen molar-refractivity contribution < 1.29 is 4.92 Å². The Bertz CT molecular complexity index is 1060. The summed E-state index contributed by atoms with van der Waals surface area (Å²) in [6.07, 6.45) is 1.37. The van der Waals surface area contributed by atoms with Crippen LogP contribution in [0.2, 0.25) is 0 Å². The standard InChI is InChI=1S/C18H18N6O2/c1-18(2,3)17-22-13-9-12(5-6-14(13)23(17)4)21-16-15(24(25)26)11(10-19)7-8-20-16/h5-9H,1-4H3,(H,20,21). The van der Waals surface area contributed by atoms with Gasteiger partial charge in [-0.15, -0.1) is 0 Å². The van der Waals surface area contributed by atoms with Gasteiger partial charge < -0.3 is 9.88 Å². The number of nitro groups is 1. The fourth-order valence-corrected chi connectivity index (χ4v) is 2.91. The maximum absolute atomic E-state index is 11.3. The van der Waals surface area contributed by atoms with E-state index in [1.54, 1.807) is 6.07 Å². The van der Waals surface area contributed by atoms with Crippen LogP contribution in [0.25, 0.3) is 11.0 Å². The SMILES string of the molecule is Cn1c(C(C)(C)C)nc2cc(Nc3nccc(C#N)c3[N+](=O)[O-])ccc21. The average molecular weight is 350 g/mol. The summed E-state index contributed by atoms with van der Waals surface area (Å²) in [5.74, 6) is 0.973. The fraction of sp³-hybridized carbons (Fsp3) is 0.278. The molecule has 8 nitrogen and oxygen atoms in total. The number of imidazole rings is 1. The van der Waals surface area contributed by atoms with E-state index in [1.165, 1.54) is 12.3 Å². The van der Waals surface area contributed by atoms with Crippen molar-refractivity contribution in [3.05, 3.63) is 52.0 Å². The topological polar surface area (TPSA) is 110 Å². The predicted octanol–water partition coefficient (Wildman–Crippen LogP) is 3.79. The summed E-state index contributed by atoms with van der Waals surface area (Å²) in [5, 5.41) is 23.3. The molecular formula is C18H18N6O2. The number of nitrogens with one attached hydrogen (secondary N) is 1. The first kappa shape index (κ1) is 17.4. The van der Waals surface area contributed by atoms with E-state index in [4.69, 9.17) is 10.2 Å². The first-order valence-corrected chi connectivity index (χ1v) is 8.00. The van der Waals surface area contributed by atoms with Crippen molar-refractivity contribution in [3.63, 3.8) is 0 Å². The zero-order valence-corrected chi connectivity index (χ0v) is 14.9. The van der Waals surface area contributed by atoms with Crippen molar-refractivity contribution in [2.45, 2.75) is 26.2 Å². The van der Waals surface area contributed by atoms with Crippen LogP contribution in [0.3, 0.4) is 0 Å². The molecule has 0 aliphatic heterocycles. The lowest BCUT2D eigenvalue weighted by atomic mass is 9.96. The van der Waals surface area contributed by atoms with Crippen molar-refractivity contribution in [1.29, 1.82) is 5.26 Å². The molecule has 8 heteroatoms. The van der Waals surface area contributed by atoms with Crippen molar-refractivity contribution in [2.24, 2.45) is 7.05 Å². The summed E-state index contributed by atoms with van der Waals surface area (Å²) in [6.45, 7) is 6.27. The molecule has 2 heterocycles. The fourth-order valence-electron chi connectivity index (χ4n) is 2.91. The second kappa shape index (κ2) is 6.11. The molecule has 0 bridgehead atoms. The van der Waals surface area contributed by atoms with Crippen LogP contribution in [0.15, 0.2) is 30.5 Å². The van der Waals surface area contributed by atoms with Gasteiger partial charge in [0.25, 0.3) is 0 Å². The van der Waals surface area contributed by atoms with Gasteiger partial charge in [0.15, 0.2) is 0 Å². The van der Waals surface area contributed by atoms with Crippen molar-refractivity contribution in [2.75, 3.05) is 5.32 Å². The molecule has 0 aliphatic carbocycles. The first-order valence-electron chi connectivity index (χ1n) is 8.00. The number of benzene rings is 1. The van der Waals surface area contributed by atoms with E-state index in [2.05, 4.69) is 31.1 Å². The molecule has 0 amide bonds. The molecule has 0 saturated heterocycles. The number of pyridine rings is 1. The van der Waals surface area contributed by atoms with Crippen molar-refractivity contribution in [3.8, 4) is 6.07 Å². The molecule has 0 saturated carbocycles. The van der Waals surface area contributed by atoms with Gasteiger partial charge in [-0.05, 0) is 24.3 Å². The summed E-state index contributed by atoms with van der Waals surface area (Å²) < 4.78 is 2.04. The number of nitriles is 1. The quantitative estimate of drug-likeness (QED) is 0.568. The minimum atomic E-state index is -0.606. The minimum absolute atomic E-state index is 0.0281. The number of nitrogens with zero attached hydrogens (tertiary/aromatic N) is 5. The Morgan fingerprint density at radius 1 is 1.31 bits per heavy atom. The molecule has 0 aliphatic rings. The van der Waals surface area contributed by atoms with Gasteiger partial charge in [0.05, 0.1) is 16.0 Å². The molecule has 3 aromatic rings. The molecule has 0 unspecified atom stereocenters. The van der Waals surface area contributed by atoms with Crippen LogP contribution in [0.1, 0.15) is 32.2 Å². The van der Waals surface area contributed by atoms with Crippen LogP contribution >= 0.6 is 0 Å². The van der Waals surface area contributed by atoms with Crippen LogP contribution in [0.5, 0.6) is 0 Å². The van der Waals surface area contributed by atoms with Crippen LogP contribution in [0, 0.1) is 21.4 Å². The molecule has 26 heavy (non-hydrogen) atoms. The summed E-state index contributed by atoms with van der Waals surface area (Å²) in [4.78, 5) is 19.4. The van der Waals surface area contributed by atoms with Crippen LogP contribution < -0.4 is 5.32 Å². The van der Waals surface area contributed by atoms with Gasteiger partial charge in [-0.2, -0.15) is 5.26 Å². The predicted molar refractivity (Wildman–Crippen MR) is 98.3 cm³/mol. The van der Waals surface area contributed by atoms with E-state index in [9.17, 15) is 10.1 Å². The summed E-state index contributed by atoms with van der Waals surface area (Å²) in [5.41, 5.74) is 1.87. The Kier molecular flexibility index (Phi) is 4.08. The number of hydrogen-bond acceptors (Lipinski definition) is 6. The van der Waals surface area contributed by atoms with Crippen LogP contribution in [-0.2, 0) is 12.5 Å². The molecule has 0 spiro atoms. The highest BCUT2D eigenvalue weighted by Gasteiger charge is 2.23. The highest BCUT2D eigenvalue weighted by Crippen LogP contribution is 2.31. The van der Waals surface area contributed by atoms with Gasteiger partial charge in [0.2, 0.25) is 5.82 Å². The second-order valence-corrected chi connectivity index (χ2v) is 7.00. The normalized spacial score (nSPS) is 11.3. The van der Waals surface area contributed by atoms with E-state index >= 15 is 0 Å². The van der Waals surface area contributed by atoms with Crippen LogP contribution in [0.4, 0.5) is 17.2 Å². The van der Waals surface area contributed by atoms with Gasteiger partial charge in [0, 0.05) is 24.3 Å². The molecule has 0 fully saturated rings. The number of aryl methyl sites for hydroxylation is 1. The molecule has 2 aromatic heterocycles. The lowest BCUT2D eigenvalue weighted by Gasteiger charge is -2.17. The number of hydrogen-bond donors (Lipinski definition) is 1. The number of fused-ring (bicyclic) bond motifs is 1.